The molecule has 3 aliphatic heterocycles. The van der Waals surface area contributed by atoms with Crippen LogP contribution >= 0.6 is 0 Å². The number of Topliss-reactive ketones (excluding diaryl/α,β-unsaturated/α-hetero) is 1. The fraction of sp³-hybridized carbons (Fsp3) is 0.368. The van der Waals surface area contributed by atoms with Crippen LogP contribution in [0.5, 0.6) is 0 Å². The normalized spacial score (nSPS) is 36.0. The number of hydrogen-bond acceptors (Lipinski definition) is 5. The van der Waals surface area contributed by atoms with Crippen LogP contribution < -0.4 is 4.90 Å². The molecule has 5 aliphatic rings. The van der Waals surface area contributed by atoms with Gasteiger partial charge in [0.1, 0.15) is 6.10 Å². The molecule has 6 rings (SSSR count). The lowest BCUT2D eigenvalue weighted by Crippen LogP contribution is -2.59. The van der Waals surface area contributed by atoms with Gasteiger partial charge in [-0.3, -0.25) is 19.2 Å². The van der Waals surface area contributed by atoms with Crippen LogP contribution in [-0.4, -0.2) is 29.7 Å². The van der Waals surface area contributed by atoms with Crippen LogP contribution in [-0.2, 0) is 23.9 Å². The van der Waals surface area contributed by atoms with Crippen molar-refractivity contribution in [2.24, 2.45) is 17.3 Å². The predicted molar refractivity (Wildman–Crippen MR) is 85.2 cm³/mol. The summed E-state index contributed by atoms with van der Waals surface area (Å²) in [5.41, 5.74) is 0.418. The zero-order valence-electron chi connectivity index (χ0n) is 13.5. The van der Waals surface area contributed by atoms with Crippen molar-refractivity contribution in [1.82, 2.24) is 0 Å². The summed E-state index contributed by atoms with van der Waals surface area (Å²) in [6.07, 6.45) is -0.140. The van der Waals surface area contributed by atoms with Gasteiger partial charge in [-0.2, -0.15) is 0 Å². The van der Waals surface area contributed by atoms with E-state index in [0.29, 0.717) is 29.7 Å². The Labute approximate surface area is 143 Å². The Bertz CT molecular complexity index is 902. The molecule has 1 aromatic rings. The summed E-state index contributed by atoms with van der Waals surface area (Å²) in [6, 6.07) is 8.67. The maximum Gasteiger partial charge on any atom is 0.317 e. The summed E-state index contributed by atoms with van der Waals surface area (Å²) in [4.78, 5) is 52.3. The van der Waals surface area contributed by atoms with Crippen molar-refractivity contribution < 1.29 is 23.9 Å². The van der Waals surface area contributed by atoms with Crippen molar-refractivity contribution >= 4 is 29.3 Å². The Kier molecular flexibility index (Phi) is 2.59. The van der Waals surface area contributed by atoms with Gasteiger partial charge in [-0.05, 0) is 31.1 Å². The summed E-state index contributed by atoms with van der Waals surface area (Å²) in [5, 5.41) is 0. The van der Waals surface area contributed by atoms with E-state index in [4.69, 9.17) is 4.74 Å². The predicted octanol–water partition coefficient (Wildman–Crippen LogP) is 1.40. The molecule has 0 N–H and O–H groups in total. The second-order valence-electron chi connectivity index (χ2n) is 7.19. The Morgan fingerprint density at radius 2 is 1.76 bits per heavy atom. The lowest BCUT2D eigenvalue weighted by atomic mass is 9.58. The monoisotopic (exact) mass is 337 g/mol. The number of benzene rings is 1. The molecule has 25 heavy (non-hydrogen) atoms. The summed E-state index contributed by atoms with van der Waals surface area (Å²) >= 11 is 0. The van der Waals surface area contributed by atoms with Crippen LogP contribution in [0.4, 0.5) is 5.69 Å². The van der Waals surface area contributed by atoms with E-state index < -0.39 is 35.2 Å². The number of ketones is 1. The maximum absolute atomic E-state index is 13.2. The molecule has 2 unspecified atom stereocenters. The van der Waals surface area contributed by atoms with Crippen LogP contribution in [0.3, 0.4) is 0 Å². The van der Waals surface area contributed by atoms with Crippen LogP contribution in [0.25, 0.3) is 0 Å². The third-order valence-electron chi connectivity index (χ3n) is 6.11. The average Bonchev–Trinajstić information content (AvgIpc) is 3.11. The summed E-state index contributed by atoms with van der Waals surface area (Å²) in [6.45, 7) is 1.65. The van der Waals surface area contributed by atoms with Crippen molar-refractivity contribution in [3.63, 3.8) is 0 Å². The SMILES string of the molecule is CC12C(=O)OC(C3=C1CCC3=O)[C@H]1C(=O)N(c3ccccc3)C(=O)[C@H]12. The highest BCUT2D eigenvalue weighted by molar-refractivity contribution is 6.25. The number of carbonyl (C=O) groups is 4. The van der Waals surface area contributed by atoms with Gasteiger partial charge in [0.15, 0.2) is 5.78 Å². The van der Waals surface area contributed by atoms with E-state index >= 15 is 0 Å². The van der Waals surface area contributed by atoms with Gasteiger partial charge in [0.05, 0.1) is 22.9 Å². The minimum Gasteiger partial charge on any atom is -0.456 e. The molecule has 2 aliphatic carbocycles. The first-order valence-electron chi connectivity index (χ1n) is 8.37. The second-order valence-corrected chi connectivity index (χ2v) is 7.19. The van der Waals surface area contributed by atoms with Crippen molar-refractivity contribution in [3.05, 3.63) is 41.5 Å². The van der Waals surface area contributed by atoms with Gasteiger partial charge >= 0.3 is 5.97 Å². The molecule has 0 saturated carbocycles. The van der Waals surface area contributed by atoms with E-state index in [1.165, 1.54) is 0 Å². The standard InChI is InChI=1S/C19H15NO5/c1-19-10-7-8-11(21)12(10)15(25-18(19)24)13-14(19)17(23)20(16(13)22)9-5-3-2-4-6-9/h2-6,13-15H,7-8H2,1H3/t13-,14-,15?,19?/m0/s1. The zero-order valence-corrected chi connectivity index (χ0v) is 13.5. The zero-order chi connectivity index (χ0) is 17.5. The lowest BCUT2D eigenvalue weighted by molar-refractivity contribution is -0.181. The molecule has 0 spiro atoms. The summed E-state index contributed by atoms with van der Waals surface area (Å²) in [5.74, 6) is -2.95. The van der Waals surface area contributed by atoms with Crippen LogP contribution in [0, 0.1) is 17.3 Å². The molecule has 4 atom stereocenters. The number of rotatable bonds is 1. The lowest BCUT2D eigenvalue weighted by Gasteiger charge is -2.48. The summed E-state index contributed by atoms with van der Waals surface area (Å²) < 4.78 is 5.47. The number of imide groups is 1. The number of para-hydroxylation sites is 1. The Morgan fingerprint density at radius 3 is 2.48 bits per heavy atom. The van der Waals surface area contributed by atoms with E-state index in [1.807, 2.05) is 0 Å². The number of ether oxygens (including phenoxy) is 1. The molecular formula is C19H15NO5. The molecule has 0 aromatic heterocycles. The molecule has 2 fully saturated rings. The Hall–Kier alpha value is -2.76. The maximum atomic E-state index is 13.2. The van der Waals surface area contributed by atoms with E-state index in [2.05, 4.69) is 0 Å². The molecule has 2 bridgehead atoms. The second kappa shape index (κ2) is 4.45. The van der Waals surface area contributed by atoms with E-state index in [1.54, 1.807) is 37.3 Å². The molecule has 2 saturated heterocycles. The molecule has 2 amide bonds. The number of anilines is 1. The fourth-order valence-electron chi connectivity index (χ4n) is 4.97. The van der Waals surface area contributed by atoms with E-state index in [0.717, 1.165) is 4.90 Å². The number of carbonyl (C=O) groups excluding carboxylic acids is 4. The number of nitrogens with zero attached hydrogens (tertiary/aromatic N) is 1. The van der Waals surface area contributed by atoms with Gasteiger partial charge in [0, 0.05) is 12.0 Å². The van der Waals surface area contributed by atoms with Gasteiger partial charge in [-0.1, -0.05) is 18.2 Å². The van der Waals surface area contributed by atoms with Crippen molar-refractivity contribution in [2.75, 3.05) is 4.90 Å². The quantitative estimate of drug-likeness (QED) is 0.571. The number of hydrogen-bond donors (Lipinski definition) is 0. The van der Waals surface area contributed by atoms with E-state index in [-0.39, 0.29) is 11.7 Å². The highest BCUT2D eigenvalue weighted by Gasteiger charge is 2.71. The first kappa shape index (κ1) is 14.6. The van der Waals surface area contributed by atoms with Crippen LogP contribution in [0.15, 0.2) is 41.5 Å². The Morgan fingerprint density at radius 1 is 1.04 bits per heavy atom. The van der Waals surface area contributed by atoms with Crippen molar-refractivity contribution in [2.45, 2.75) is 25.9 Å². The smallest absolute Gasteiger partial charge is 0.317 e. The van der Waals surface area contributed by atoms with Crippen molar-refractivity contribution in [1.29, 1.82) is 0 Å². The van der Waals surface area contributed by atoms with Gasteiger partial charge in [0.25, 0.3) is 0 Å². The molecule has 0 radical (unpaired) electrons. The minimum atomic E-state index is -1.23. The summed E-state index contributed by atoms with van der Waals surface area (Å²) in [7, 11) is 0. The number of amides is 2. The minimum absolute atomic E-state index is 0.0735. The van der Waals surface area contributed by atoms with Crippen LogP contribution in [0.2, 0.25) is 0 Å². The molecule has 3 heterocycles. The number of esters is 1. The van der Waals surface area contributed by atoms with Gasteiger partial charge in [0.2, 0.25) is 11.8 Å². The Balaban J connectivity index is 1.70. The molecule has 6 nitrogen and oxygen atoms in total. The van der Waals surface area contributed by atoms with Crippen molar-refractivity contribution in [3.8, 4) is 0 Å². The van der Waals surface area contributed by atoms with Gasteiger partial charge < -0.3 is 4.74 Å². The fourth-order valence-corrected chi connectivity index (χ4v) is 4.97. The van der Waals surface area contributed by atoms with Crippen LogP contribution in [0.1, 0.15) is 19.8 Å². The molecule has 1 aromatic carbocycles. The first-order valence-corrected chi connectivity index (χ1v) is 8.37. The average molecular weight is 337 g/mol. The third kappa shape index (κ3) is 1.51. The largest absolute Gasteiger partial charge is 0.456 e. The van der Waals surface area contributed by atoms with Gasteiger partial charge in [-0.15, -0.1) is 0 Å². The first-order chi connectivity index (χ1) is 12.0. The van der Waals surface area contributed by atoms with Gasteiger partial charge in [-0.25, -0.2) is 4.90 Å². The molecular weight excluding hydrogens is 322 g/mol. The molecule has 126 valence electrons. The molecule has 6 heteroatoms. The van der Waals surface area contributed by atoms with E-state index in [9.17, 15) is 19.2 Å². The highest BCUT2D eigenvalue weighted by atomic mass is 16.6. The highest BCUT2D eigenvalue weighted by Crippen LogP contribution is 2.60. The topological polar surface area (TPSA) is 80.8 Å². The third-order valence-corrected chi connectivity index (χ3v) is 6.11. The number of fused-ring (bicyclic) bond motifs is 1.